The molecule has 0 aliphatic heterocycles. The Balaban J connectivity index is 1.48. The standard InChI is InChI=1S/C42H24Br2S2/c1-23-14-17-26(18-15-23)42(27-19-16-24-8-2-3-9-25(24)20-27)30-21-32(43)36-28-10-4-6-12-34(28)45-40(36)38(30)39-31(42)22-33(44)37-29-11-5-7-13-35(29)46-41(37)39/h2-22H,1H3. The zero-order chi connectivity index (χ0) is 30.7. The molecule has 0 saturated heterocycles. The molecular weight excluding hydrogens is 728 g/mol. The molecule has 0 radical (unpaired) electrons. The van der Waals surface area contributed by atoms with E-state index in [0.717, 1.165) is 8.95 Å². The van der Waals surface area contributed by atoms with Crippen molar-refractivity contribution in [3.05, 3.63) is 164 Å². The molecule has 1 aliphatic rings. The van der Waals surface area contributed by atoms with Gasteiger partial charge in [0.15, 0.2) is 0 Å². The van der Waals surface area contributed by atoms with Gasteiger partial charge in [0.25, 0.3) is 0 Å². The van der Waals surface area contributed by atoms with Crippen molar-refractivity contribution in [3.8, 4) is 11.1 Å². The largest absolute Gasteiger partial charge is 0.134 e. The molecule has 0 spiro atoms. The minimum Gasteiger partial charge on any atom is -0.134 e. The quantitative estimate of drug-likeness (QED) is 0.165. The van der Waals surface area contributed by atoms with Crippen LogP contribution in [0.2, 0.25) is 0 Å². The second kappa shape index (κ2) is 9.85. The first-order chi connectivity index (χ1) is 22.5. The van der Waals surface area contributed by atoms with Crippen molar-refractivity contribution in [3.63, 3.8) is 0 Å². The van der Waals surface area contributed by atoms with Crippen LogP contribution in [0.3, 0.4) is 0 Å². The normalized spacial score (nSPS) is 13.7. The number of fused-ring (bicyclic) bond motifs is 12. The minimum absolute atomic E-state index is 0.526. The van der Waals surface area contributed by atoms with Crippen LogP contribution >= 0.6 is 54.5 Å². The van der Waals surface area contributed by atoms with E-state index in [-0.39, 0.29) is 0 Å². The lowest BCUT2D eigenvalue weighted by atomic mass is 9.67. The molecule has 218 valence electrons. The van der Waals surface area contributed by atoms with E-state index in [0.29, 0.717) is 0 Å². The Kier molecular flexibility index (Phi) is 5.85. The Labute approximate surface area is 291 Å². The number of hydrogen-bond donors (Lipinski definition) is 0. The number of benzene rings is 7. The lowest BCUT2D eigenvalue weighted by molar-refractivity contribution is 0.770. The van der Waals surface area contributed by atoms with Gasteiger partial charge in [0.2, 0.25) is 0 Å². The van der Waals surface area contributed by atoms with Crippen molar-refractivity contribution in [1.29, 1.82) is 0 Å². The summed E-state index contributed by atoms with van der Waals surface area (Å²) in [5, 5.41) is 7.74. The average molecular weight is 753 g/mol. The maximum Gasteiger partial charge on any atom is 0.0715 e. The highest BCUT2D eigenvalue weighted by atomic mass is 79.9. The molecule has 0 atom stereocenters. The summed E-state index contributed by atoms with van der Waals surface area (Å²) in [7, 11) is 0. The van der Waals surface area contributed by atoms with Crippen LogP contribution in [0.5, 0.6) is 0 Å². The summed E-state index contributed by atoms with van der Waals surface area (Å²) in [5.41, 5.74) is 8.72. The summed E-state index contributed by atoms with van der Waals surface area (Å²) in [6, 6.07) is 47.7. The summed E-state index contributed by atoms with van der Waals surface area (Å²) >= 11 is 12.1. The lowest BCUT2D eigenvalue weighted by Gasteiger charge is -2.34. The van der Waals surface area contributed by atoms with Gasteiger partial charge in [-0.2, -0.15) is 0 Å². The van der Waals surface area contributed by atoms with Gasteiger partial charge in [-0.15, -0.1) is 22.7 Å². The fraction of sp³-hybridized carbons (Fsp3) is 0.0476. The van der Waals surface area contributed by atoms with Crippen LogP contribution in [0.25, 0.3) is 62.2 Å². The number of rotatable bonds is 2. The third-order valence-electron chi connectivity index (χ3n) is 9.93. The number of aryl methyl sites for hydroxylation is 1. The van der Waals surface area contributed by atoms with Crippen molar-refractivity contribution in [2.45, 2.75) is 12.3 Å². The predicted molar refractivity (Wildman–Crippen MR) is 207 cm³/mol. The van der Waals surface area contributed by atoms with E-state index < -0.39 is 5.41 Å². The zero-order valence-corrected chi connectivity index (χ0v) is 29.5. The van der Waals surface area contributed by atoms with Gasteiger partial charge in [0.1, 0.15) is 0 Å². The Morgan fingerprint density at radius 3 is 1.59 bits per heavy atom. The topological polar surface area (TPSA) is 0 Å². The third-order valence-corrected chi connectivity index (χ3v) is 13.6. The fourth-order valence-corrected chi connectivity index (χ4v) is 12.1. The Hall–Kier alpha value is -3.80. The van der Waals surface area contributed by atoms with Gasteiger partial charge in [-0.25, -0.2) is 0 Å². The monoisotopic (exact) mass is 750 g/mol. The van der Waals surface area contributed by atoms with Crippen LogP contribution in [0.15, 0.2) is 136 Å². The molecule has 2 heterocycles. The molecule has 0 N–H and O–H groups in total. The van der Waals surface area contributed by atoms with Crippen LogP contribution in [0.1, 0.15) is 27.8 Å². The van der Waals surface area contributed by atoms with Crippen LogP contribution < -0.4 is 0 Å². The van der Waals surface area contributed by atoms with E-state index in [2.05, 4.69) is 166 Å². The maximum absolute atomic E-state index is 4.14. The summed E-state index contributed by atoms with van der Waals surface area (Å²) in [6.07, 6.45) is 0. The van der Waals surface area contributed by atoms with E-state index in [4.69, 9.17) is 0 Å². The molecule has 0 unspecified atom stereocenters. The van der Waals surface area contributed by atoms with Gasteiger partial charge in [0, 0.05) is 60.4 Å². The van der Waals surface area contributed by atoms with Gasteiger partial charge in [-0.1, -0.05) is 134 Å². The minimum atomic E-state index is -0.526. The molecule has 0 nitrogen and oxygen atoms in total. The average Bonchev–Trinajstić information content (AvgIpc) is 3.74. The third kappa shape index (κ3) is 3.53. The number of thiophene rings is 2. The van der Waals surface area contributed by atoms with Crippen molar-refractivity contribution < 1.29 is 0 Å². The van der Waals surface area contributed by atoms with Crippen molar-refractivity contribution in [2.24, 2.45) is 0 Å². The smallest absolute Gasteiger partial charge is 0.0715 e. The Bertz CT molecular complexity index is 2600. The molecule has 10 rings (SSSR count). The highest BCUT2D eigenvalue weighted by molar-refractivity contribution is 9.11. The molecule has 2 aromatic heterocycles. The van der Waals surface area contributed by atoms with Gasteiger partial charge in [-0.3, -0.25) is 0 Å². The number of halogens is 2. The highest BCUT2D eigenvalue weighted by Gasteiger charge is 2.49. The van der Waals surface area contributed by atoms with E-state index >= 15 is 0 Å². The second-order valence-corrected chi connectivity index (χ2v) is 16.2. The zero-order valence-electron chi connectivity index (χ0n) is 24.7. The first-order valence-electron chi connectivity index (χ1n) is 15.4. The Morgan fingerprint density at radius 2 is 1.00 bits per heavy atom. The molecule has 1 aliphatic carbocycles. The van der Waals surface area contributed by atoms with Crippen LogP contribution in [0, 0.1) is 6.92 Å². The van der Waals surface area contributed by atoms with E-state index in [9.17, 15) is 0 Å². The number of hydrogen-bond acceptors (Lipinski definition) is 2. The van der Waals surface area contributed by atoms with Gasteiger partial charge >= 0.3 is 0 Å². The summed E-state index contributed by atoms with van der Waals surface area (Å²) in [6.45, 7) is 2.18. The molecule has 0 bridgehead atoms. The van der Waals surface area contributed by atoms with Crippen LogP contribution in [-0.4, -0.2) is 0 Å². The summed E-state index contributed by atoms with van der Waals surface area (Å²) in [4.78, 5) is 0. The van der Waals surface area contributed by atoms with Crippen LogP contribution in [-0.2, 0) is 5.41 Å². The van der Waals surface area contributed by atoms with Crippen molar-refractivity contribution in [2.75, 3.05) is 0 Å². The Morgan fingerprint density at radius 1 is 0.500 bits per heavy atom. The van der Waals surface area contributed by atoms with Gasteiger partial charge in [-0.05, 0) is 70.3 Å². The molecular formula is C42H24Br2S2. The van der Waals surface area contributed by atoms with Crippen LogP contribution in [0.4, 0.5) is 0 Å². The van der Waals surface area contributed by atoms with Crippen molar-refractivity contribution >= 4 is 106 Å². The SMILES string of the molecule is Cc1ccc(C2(c3ccc4ccccc4c3)c3cc(Br)c4c(sc5ccccc54)c3-c3c2cc(Br)c2c3sc3ccccc32)cc1. The lowest BCUT2D eigenvalue weighted by Crippen LogP contribution is -2.28. The fourth-order valence-electron chi connectivity index (χ4n) is 7.95. The first kappa shape index (κ1) is 27.3. The maximum atomic E-state index is 4.14. The predicted octanol–water partition coefficient (Wildman–Crippen LogP) is 13.8. The molecule has 46 heavy (non-hydrogen) atoms. The molecule has 0 saturated carbocycles. The van der Waals surface area contributed by atoms with Gasteiger partial charge in [0.05, 0.1) is 5.41 Å². The molecule has 4 heteroatoms. The molecule has 9 aromatic rings. The molecule has 7 aromatic carbocycles. The van der Waals surface area contributed by atoms with Crippen molar-refractivity contribution in [1.82, 2.24) is 0 Å². The second-order valence-electron chi connectivity index (χ2n) is 12.3. The van der Waals surface area contributed by atoms with Gasteiger partial charge < -0.3 is 0 Å². The first-order valence-corrected chi connectivity index (χ1v) is 18.6. The van der Waals surface area contributed by atoms with E-state index in [1.54, 1.807) is 0 Å². The van der Waals surface area contributed by atoms with E-state index in [1.807, 2.05) is 22.7 Å². The van der Waals surface area contributed by atoms with E-state index in [1.165, 1.54) is 90.1 Å². The summed E-state index contributed by atoms with van der Waals surface area (Å²) in [5.74, 6) is 0. The summed E-state index contributed by atoms with van der Waals surface area (Å²) < 4.78 is 7.63. The molecule has 0 fully saturated rings. The highest BCUT2D eigenvalue weighted by Crippen LogP contribution is 2.63. The molecule has 0 amide bonds.